The van der Waals surface area contributed by atoms with Crippen LogP contribution in [0.1, 0.15) is 38.6 Å². The smallest absolute Gasteiger partial charge is 0.0863 e. The topological polar surface area (TPSA) is 50.1 Å². The van der Waals surface area contributed by atoms with E-state index in [1.165, 1.54) is 0 Å². The number of aryl methyl sites for hydroxylation is 2. The van der Waals surface area contributed by atoms with E-state index in [-0.39, 0.29) is 6.61 Å². The summed E-state index contributed by atoms with van der Waals surface area (Å²) < 4.78 is 1.84. The molecule has 0 spiro atoms. The maximum absolute atomic E-state index is 9.05. The van der Waals surface area contributed by atoms with E-state index in [0.717, 1.165) is 29.3 Å². The van der Waals surface area contributed by atoms with Crippen molar-refractivity contribution in [2.75, 3.05) is 6.61 Å². The van der Waals surface area contributed by atoms with Crippen LogP contribution in [0, 0.1) is 5.92 Å². The normalized spacial score (nSPS) is 13.3. The van der Waals surface area contributed by atoms with Gasteiger partial charge < -0.3 is 10.4 Å². The quantitative estimate of drug-likeness (QED) is 0.800. The lowest BCUT2D eigenvalue weighted by Gasteiger charge is -2.21. The molecule has 1 unspecified atom stereocenters. The van der Waals surface area contributed by atoms with Crippen LogP contribution < -0.4 is 5.32 Å². The second kappa shape index (κ2) is 7.12. The van der Waals surface area contributed by atoms with Crippen LogP contribution in [-0.2, 0) is 20.0 Å². The minimum absolute atomic E-state index is 0.204. The largest absolute Gasteiger partial charge is 0.396 e. The molecular formula is C13H24ClN3O. The first-order chi connectivity index (χ1) is 8.51. The molecule has 1 atom stereocenters. The maximum atomic E-state index is 9.05. The van der Waals surface area contributed by atoms with Crippen molar-refractivity contribution in [2.45, 2.75) is 46.2 Å². The van der Waals surface area contributed by atoms with Gasteiger partial charge in [-0.1, -0.05) is 32.4 Å². The highest BCUT2D eigenvalue weighted by atomic mass is 35.5. The molecule has 1 aromatic rings. The van der Waals surface area contributed by atoms with Gasteiger partial charge in [0, 0.05) is 26.2 Å². The molecule has 18 heavy (non-hydrogen) atoms. The molecule has 4 nitrogen and oxygen atoms in total. The van der Waals surface area contributed by atoms with Crippen molar-refractivity contribution in [3.05, 3.63) is 16.4 Å². The maximum Gasteiger partial charge on any atom is 0.0863 e. The summed E-state index contributed by atoms with van der Waals surface area (Å²) in [6, 6.07) is 0.297. The molecule has 5 heteroatoms. The monoisotopic (exact) mass is 273 g/mol. The Morgan fingerprint density at radius 3 is 2.56 bits per heavy atom. The van der Waals surface area contributed by atoms with Gasteiger partial charge >= 0.3 is 0 Å². The van der Waals surface area contributed by atoms with Crippen LogP contribution >= 0.6 is 11.6 Å². The van der Waals surface area contributed by atoms with E-state index in [1.54, 1.807) is 0 Å². The number of hydrogen-bond donors (Lipinski definition) is 2. The molecule has 0 bridgehead atoms. The van der Waals surface area contributed by atoms with Gasteiger partial charge in [0.05, 0.1) is 16.4 Å². The van der Waals surface area contributed by atoms with Crippen molar-refractivity contribution < 1.29 is 5.11 Å². The van der Waals surface area contributed by atoms with Gasteiger partial charge in [-0.15, -0.1) is 0 Å². The van der Waals surface area contributed by atoms with E-state index in [9.17, 15) is 0 Å². The summed E-state index contributed by atoms with van der Waals surface area (Å²) in [5.74, 6) is 0.481. The number of rotatable bonds is 7. The zero-order valence-corrected chi connectivity index (χ0v) is 12.5. The fraction of sp³-hybridized carbons (Fsp3) is 0.769. The Kier molecular flexibility index (Phi) is 6.12. The van der Waals surface area contributed by atoms with E-state index in [4.69, 9.17) is 16.7 Å². The van der Waals surface area contributed by atoms with E-state index >= 15 is 0 Å². The Hall–Kier alpha value is -0.580. The minimum atomic E-state index is 0.204. The summed E-state index contributed by atoms with van der Waals surface area (Å²) >= 11 is 6.30. The van der Waals surface area contributed by atoms with Gasteiger partial charge in [-0.2, -0.15) is 5.10 Å². The van der Waals surface area contributed by atoms with E-state index < -0.39 is 0 Å². The Morgan fingerprint density at radius 1 is 1.44 bits per heavy atom. The second-order valence-corrected chi connectivity index (χ2v) is 5.31. The molecule has 0 amide bonds. The number of aliphatic hydroxyl groups is 1. The van der Waals surface area contributed by atoms with Crippen LogP contribution in [0.2, 0.25) is 5.02 Å². The molecule has 0 aromatic carbocycles. The number of aliphatic hydroxyl groups excluding tert-OH is 1. The molecule has 0 aliphatic carbocycles. The van der Waals surface area contributed by atoms with Crippen LogP contribution in [0.25, 0.3) is 0 Å². The standard InChI is InChI=1S/C13H24ClN3O/c1-5-10-13(14)12(17(4)16-10)8-15-11(6-7-18)9(2)3/h9,11,15,18H,5-8H2,1-4H3. The van der Waals surface area contributed by atoms with Crippen molar-refractivity contribution in [1.29, 1.82) is 0 Å². The highest BCUT2D eigenvalue weighted by Crippen LogP contribution is 2.21. The molecule has 2 N–H and O–H groups in total. The Balaban J connectivity index is 2.70. The Bertz CT molecular complexity index is 377. The summed E-state index contributed by atoms with van der Waals surface area (Å²) in [5, 5.41) is 17.7. The van der Waals surface area contributed by atoms with Gasteiger partial charge in [-0.05, 0) is 18.8 Å². The molecule has 1 aromatic heterocycles. The molecule has 0 radical (unpaired) electrons. The van der Waals surface area contributed by atoms with Crippen LogP contribution in [0.15, 0.2) is 0 Å². The third-order valence-corrected chi connectivity index (χ3v) is 3.72. The van der Waals surface area contributed by atoms with Gasteiger partial charge in [0.25, 0.3) is 0 Å². The molecule has 0 aliphatic heterocycles. The molecule has 1 rings (SSSR count). The number of nitrogens with zero attached hydrogens (tertiary/aromatic N) is 2. The Labute approximate surface area is 114 Å². The van der Waals surface area contributed by atoms with E-state index in [1.807, 2.05) is 18.7 Å². The first kappa shape index (κ1) is 15.5. The molecule has 0 saturated carbocycles. The third-order valence-electron chi connectivity index (χ3n) is 3.28. The lowest BCUT2D eigenvalue weighted by molar-refractivity contribution is 0.243. The average Bonchev–Trinajstić information content (AvgIpc) is 2.60. The fourth-order valence-corrected chi connectivity index (χ4v) is 2.41. The zero-order chi connectivity index (χ0) is 13.7. The number of aromatic nitrogens is 2. The van der Waals surface area contributed by atoms with Crippen LogP contribution in [0.5, 0.6) is 0 Å². The fourth-order valence-electron chi connectivity index (χ4n) is 2.05. The first-order valence-electron chi connectivity index (χ1n) is 6.55. The van der Waals surface area contributed by atoms with E-state index in [2.05, 4.69) is 24.3 Å². The first-order valence-corrected chi connectivity index (χ1v) is 6.93. The molecule has 0 fully saturated rings. The van der Waals surface area contributed by atoms with Gasteiger partial charge in [0.1, 0.15) is 0 Å². The zero-order valence-electron chi connectivity index (χ0n) is 11.7. The van der Waals surface area contributed by atoms with Crippen LogP contribution in [0.3, 0.4) is 0 Å². The van der Waals surface area contributed by atoms with Gasteiger partial charge in [0.2, 0.25) is 0 Å². The summed E-state index contributed by atoms with van der Waals surface area (Å²) in [6.45, 7) is 7.24. The van der Waals surface area contributed by atoms with Gasteiger partial charge in [0.15, 0.2) is 0 Å². The van der Waals surface area contributed by atoms with Crippen molar-refractivity contribution in [1.82, 2.24) is 15.1 Å². The minimum Gasteiger partial charge on any atom is -0.396 e. The van der Waals surface area contributed by atoms with Crippen molar-refractivity contribution in [3.63, 3.8) is 0 Å². The molecule has 1 heterocycles. The summed E-state index contributed by atoms with van der Waals surface area (Å²) in [5.41, 5.74) is 1.95. The highest BCUT2D eigenvalue weighted by Gasteiger charge is 2.16. The molecule has 104 valence electrons. The predicted octanol–water partition coefficient (Wildman–Crippen LogP) is 2.13. The number of hydrogen-bond acceptors (Lipinski definition) is 3. The molecule has 0 saturated heterocycles. The van der Waals surface area contributed by atoms with Crippen molar-refractivity contribution in [2.24, 2.45) is 13.0 Å². The predicted molar refractivity (Wildman–Crippen MR) is 74.8 cm³/mol. The van der Waals surface area contributed by atoms with Gasteiger partial charge in [-0.3, -0.25) is 4.68 Å². The lowest BCUT2D eigenvalue weighted by atomic mass is 10.0. The highest BCUT2D eigenvalue weighted by molar-refractivity contribution is 6.31. The van der Waals surface area contributed by atoms with Crippen molar-refractivity contribution in [3.8, 4) is 0 Å². The molecular weight excluding hydrogens is 250 g/mol. The number of halogens is 1. The summed E-state index contributed by atoms with van der Waals surface area (Å²) in [6.07, 6.45) is 1.60. The third kappa shape index (κ3) is 3.70. The summed E-state index contributed by atoms with van der Waals surface area (Å²) in [7, 11) is 1.92. The average molecular weight is 274 g/mol. The number of nitrogens with one attached hydrogen (secondary N) is 1. The molecule has 0 aliphatic rings. The van der Waals surface area contributed by atoms with Crippen molar-refractivity contribution >= 4 is 11.6 Å². The summed E-state index contributed by atoms with van der Waals surface area (Å²) in [4.78, 5) is 0. The SMILES string of the molecule is CCc1nn(C)c(CNC(CCO)C(C)C)c1Cl. The lowest BCUT2D eigenvalue weighted by Crippen LogP contribution is -2.34. The van der Waals surface area contributed by atoms with Gasteiger partial charge in [-0.25, -0.2) is 0 Å². The van der Waals surface area contributed by atoms with E-state index in [0.29, 0.717) is 18.5 Å². The second-order valence-electron chi connectivity index (χ2n) is 4.93. The Morgan fingerprint density at radius 2 is 2.11 bits per heavy atom. The van der Waals surface area contributed by atoms with Crippen LogP contribution in [0.4, 0.5) is 0 Å². The van der Waals surface area contributed by atoms with Crippen LogP contribution in [-0.4, -0.2) is 27.5 Å².